The van der Waals surface area contributed by atoms with Crippen molar-refractivity contribution in [2.75, 3.05) is 0 Å². The molecule has 0 atom stereocenters. The second kappa shape index (κ2) is 5.85. The van der Waals surface area contributed by atoms with Gasteiger partial charge in [-0.05, 0) is 40.1 Å². The van der Waals surface area contributed by atoms with Gasteiger partial charge >= 0.3 is 0 Å². The maximum absolute atomic E-state index is 12.4. The van der Waals surface area contributed by atoms with E-state index in [0.717, 1.165) is 0 Å². The number of aromatic nitrogens is 2. The molecule has 1 aromatic heterocycles. The molecule has 114 valence electrons. The van der Waals surface area contributed by atoms with Gasteiger partial charge in [-0.3, -0.25) is 0 Å². The molecule has 0 aliphatic heterocycles. The summed E-state index contributed by atoms with van der Waals surface area (Å²) in [5.41, 5.74) is 1.16. The summed E-state index contributed by atoms with van der Waals surface area (Å²) in [6, 6.07) is 9.45. The Morgan fingerprint density at radius 1 is 1.14 bits per heavy atom. The Morgan fingerprint density at radius 2 is 1.95 bits per heavy atom. The van der Waals surface area contributed by atoms with E-state index in [1.807, 2.05) is 0 Å². The number of sulfonamides is 1. The summed E-state index contributed by atoms with van der Waals surface area (Å²) >= 11 is 11.8. The van der Waals surface area contributed by atoms with Gasteiger partial charge in [0.15, 0.2) is 5.52 Å². The van der Waals surface area contributed by atoms with Crippen molar-refractivity contribution in [2.24, 2.45) is 0 Å². The van der Waals surface area contributed by atoms with E-state index in [9.17, 15) is 8.42 Å². The summed E-state index contributed by atoms with van der Waals surface area (Å²) in [6.45, 7) is 0.0278. The average Bonchev–Trinajstić information content (AvgIpc) is 2.94. The van der Waals surface area contributed by atoms with Crippen LogP contribution in [0.4, 0.5) is 0 Å². The van der Waals surface area contributed by atoms with Crippen LogP contribution in [0.5, 0.6) is 0 Å². The van der Waals surface area contributed by atoms with Crippen LogP contribution < -0.4 is 4.72 Å². The molecule has 3 aromatic rings. The summed E-state index contributed by atoms with van der Waals surface area (Å²) in [5, 5.41) is 8.11. The Balaban J connectivity index is 1.89. The largest absolute Gasteiger partial charge is 0.243 e. The van der Waals surface area contributed by atoms with Gasteiger partial charge in [0.05, 0.1) is 0 Å². The number of nitrogens with one attached hydrogen (secondary N) is 1. The molecule has 0 amide bonds. The molecule has 22 heavy (non-hydrogen) atoms. The van der Waals surface area contributed by atoms with Crippen LogP contribution in [0.1, 0.15) is 5.56 Å². The number of halogens is 2. The quantitative estimate of drug-likeness (QED) is 0.775. The van der Waals surface area contributed by atoms with Crippen LogP contribution in [0, 0.1) is 0 Å². The van der Waals surface area contributed by atoms with Crippen molar-refractivity contribution in [1.29, 1.82) is 0 Å². The van der Waals surface area contributed by atoms with E-state index < -0.39 is 10.0 Å². The number of benzene rings is 2. The van der Waals surface area contributed by atoms with Gasteiger partial charge in [0.2, 0.25) is 10.0 Å². The minimum Gasteiger partial charge on any atom is -0.243 e. The van der Waals surface area contributed by atoms with Crippen molar-refractivity contribution in [1.82, 2.24) is 15.0 Å². The third-order valence-corrected chi connectivity index (χ3v) is 5.03. The van der Waals surface area contributed by atoms with Crippen LogP contribution in [-0.2, 0) is 16.6 Å². The molecule has 0 unspecified atom stereocenters. The molecule has 0 aliphatic rings. The van der Waals surface area contributed by atoms with Crippen molar-refractivity contribution in [3.8, 4) is 0 Å². The summed E-state index contributed by atoms with van der Waals surface area (Å²) in [7, 11) is -3.79. The molecule has 0 bridgehead atoms. The Bertz CT molecular complexity index is 941. The second-order valence-electron chi connectivity index (χ2n) is 4.45. The zero-order chi connectivity index (χ0) is 15.7. The predicted molar refractivity (Wildman–Crippen MR) is 82.3 cm³/mol. The first kappa shape index (κ1) is 15.2. The minimum absolute atomic E-state index is 0.00339. The lowest BCUT2D eigenvalue weighted by atomic mass is 10.2. The van der Waals surface area contributed by atoms with Gasteiger partial charge in [0, 0.05) is 16.6 Å². The molecule has 3 rings (SSSR count). The highest BCUT2D eigenvalue weighted by atomic mass is 35.5. The van der Waals surface area contributed by atoms with Crippen LogP contribution in [0.15, 0.2) is 45.9 Å². The van der Waals surface area contributed by atoms with Gasteiger partial charge in [-0.2, -0.15) is 0 Å². The molecule has 0 saturated carbocycles. The van der Waals surface area contributed by atoms with Crippen LogP contribution in [0.25, 0.3) is 11.0 Å². The third-order valence-electron chi connectivity index (χ3n) is 3.01. The normalized spacial score (nSPS) is 11.9. The number of hydrogen-bond acceptors (Lipinski definition) is 5. The van der Waals surface area contributed by atoms with Crippen molar-refractivity contribution in [3.63, 3.8) is 0 Å². The molecule has 0 fully saturated rings. The fraction of sp³-hybridized carbons (Fsp3) is 0.0769. The summed E-state index contributed by atoms with van der Waals surface area (Å²) in [4.78, 5) is -0.00339. The molecule has 1 heterocycles. The van der Waals surface area contributed by atoms with E-state index >= 15 is 0 Å². The van der Waals surface area contributed by atoms with E-state index in [2.05, 4.69) is 19.7 Å². The molecule has 1 N–H and O–H groups in total. The van der Waals surface area contributed by atoms with Crippen molar-refractivity contribution in [2.45, 2.75) is 11.4 Å². The number of fused-ring (bicyclic) bond motifs is 1. The molecule has 6 nitrogen and oxygen atoms in total. The Labute approximate surface area is 136 Å². The van der Waals surface area contributed by atoms with Crippen LogP contribution in [-0.4, -0.2) is 18.7 Å². The van der Waals surface area contributed by atoms with Gasteiger partial charge < -0.3 is 0 Å². The fourth-order valence-corrected chi connectivity index (χ4v) is 3.54. The topological polar surface area (TPSA) is 85.1 Å². The molecule has 0 aliphatic carbocycles. The summed E-state index contributed by atoms with van der Waals surface area (Å²) in [6.07, 6.45) is 0. The first-order chi connectivity index (χ1) is 10.5. The van der Waals surface area contributed by atoms with E-state index in [4.69, 9.17) is 23.2 Å². The molecule has 2 aromatic carbocycles. The van der Waals surface area contributed by atoms with Gasteiger partial charge in [0.25, 0.3) is 0 Å². The molecular formula is C13H9Cl2N3O3S. The molecular weight excluding hydrogens is 349 g/mol. The van der Waals surface area contributed by atoms with Gasteiger partial charge in [-0.1, -0.05) is 35.3 Å². The average molecular weight is 358 g/mol. The maximum Gasteiger partial charge on any atom is 0.243 e. The number of hydrogen-bond donors (Lipinski definition) is 1. The van der Waals surface area contributed by atoms with Crippen molar-refractivity contribution < 1.29 is 13.0 Å². The predicted octanol–water partition coefficient (Wildman–Crippen LogP) is 3.01. The van der Waals surface area contributed by atoms with Crippen LogP contribution in [0.2, 0.25) is 10.0 Å². The molecule has 0 spiro atoms. The molecule has 9 heteroatoms. The summed E-state index contributed by atoms with van der Waals surface area (Å²) < 4.78 is 31.8. The monoisotopic (exact) mass is 357 g/mol. The van der Waals surface area contributed by atoms with Crippen LogP contribution >= 0.6 is 23.2 Å². The van der Waals surface area contributed by atoms with Crippen molar-refractivity contribution in [3.05, 3.63) is 52.0 Å². The SMILES string of the molecule is O=S(=O)(NCc1ccc(Cl)cc1Cl)c1cccc2nonc12. The van der Waals surface area contributed by atoms with E-state index in [0.29, 0.717) is 21.1 Å². The highest BCUT2D eigenvalue weighted by Gasteiger charge is 2.20. The Morgan fingerprint density at radius 3 is 2.73 bits per heavy atom. The molecule has 0 saturated heterocycles. The first-order valence-electron chi connectivity index (χ1n) is 6.12. The van der Waals surface area contributed by atoms with Gasteiger partial charge in [-0.25, -0.2) is 17.8 Å². The molecule has 0 radical (unpaired) electrons. The highest BCUT2D eigenvalue weighted by Crippen LogP contribution is 2.23. The van der Waals surface area contributed by atoms with Gasteiger partial charge in [0.1, 0.15) is 10.4 Å². The number of nitrogens with zero attached hydrogens (tertiary/aromatic N) is 2. The van der Waals surface area contributed by atoms with E-state index in [1.165, 1.54) is 6.07 Å². The lowest BCUT2D eigenvalue weighted by molar-refractivity contribution is 0.315. The Hall–Kier alpha value is -1.67. The zero-order valence-corrected chi connectivity index (χ0v) is 13.3. The highest BCUT2D eigenvalue weighted by molar-refractivity contribution is 7.89. The smallest absolute Gasteiger partial charge is 0.243 e. The number of rotatable bonds is 4. The zero-order valence-electron chi connectivity index (χ0n) is 11.0. The second-order valence-corrected chi connectivity index (χ2v) is 7.03. The van der Waals surface area contributed by atoms with Crippen molar-refractivity contribution >= 4 is 44.3 Å². The lowest BCUT2D eigenvalue weighted by Crippen LogP contribution is -2.23. The van der Waals surface area contributed by atoms with Crippen LogP contribution in [0.3, 0.4) is 0 Å². The summed E-state index contributed by atoms with van der Waals surface area (Å²) in [5.74, 6) is 0. The standard InChI is InChI=1S/C13H9Cl2N3O3S/c14-9-5-4-8(10(15)6-9)7-16-22(19,20)12-3-1-2-11-13(12)18-21-17-11/h1-6,16H,7H2. The van der Waals surface area contributed by atoms with Gasteiger partial charge in [-0.15, -0.1) is 0 Å². The maximum atomic E-state index is 12.4. The van der Waals surface area contributed by atoms with E-state index in [1.54, 1.807) is 30.3 Å². The first-order valence-corrected chi connectivity index (χ1v) is 8.36. The third kappa shape index (κ3) is 2.93. The van der Waals surface area contributed by atoms with E-state index in [-0.39, 0.29) is 17.0 Å². The lowest BCUT2D eigenvalue weighted by Gasteiger charge is -2.08. The fourth-order valence-electron chi connectivity index (χ4n) is 1.91. The Kier molecular flexibility index (Phi) is 4.05. The minimum atomic E-state index is -3.79.